The van der Waals surface area contributed by atoms with Crippen LogP contribution in [0.1, 0.15) is 6.92 Å². The molecule has 1 aromatic carbocycles. The van der Waals surface area contributed by atoms with E-state index in [0.29, 0.717) is 25.4 Å². The van der Waals surface area contributed by atoms with Crippen molar-refractivity contribution in [1.82, 2.24) is 9.21 Å². The Labute approximate surface area is 158 Å². The number of aliphatic hydroxyl groups excluding tert-OH is 1. The average molecular weight is 406 g/mol. The minimum absolute atomic E-state index is 0.122. The molecule has 1 fully saturated rings. The minimum atomic E-state index is -3.62. The van der Waals surface area contributed by atoms with E-state index in [2.05, 4.69) is 5.32 Å². The number of nitrogens with one attached hydrogen (secondary N) is 1. The Kier molecular flexibility index (Phi) is 7.51. The lowest BCUT2D eigenvalue weighted by Crippen LogP contribution is -2.50. The van der Waals surface area contributed by atoms with Gasteiger partial charge in [0.05, 0.1) is 23.5 Å². The second kappa shape index (κ2) is 9.40. The zero-order valence-electron chi connectivity index (χ0n) is 14.6. The van der Waals surface area contributed by atoms with Crippen molar-refractivity contribution < 1.29 is 23.1 Å². The number of aliphatic hydroxyl groups is 1. The first-order valence-electron chi connectivity index (χ1n) is 8.38. The molecule has 1 unspecified atom stereocenters. The Morgan fingerprint density at radius 1 is 1.27 bits per heavy atom. The Hall–Kier alpha value is -1.55. The number of hydrogen-bond acceptors (Lipinski definition) is 6. The number of piperazine rings is 1. The maximum absolute atomic E-state index is 12.7. The van der Waals surface area contributed by atoms with Gasteiger partial charge in [-0.1, -0.05) is 0 Å². The molecule has 1 saturated heterocycles. The van der Waals surface area contributed by atoms with E-state index in [1.807, 2.05) is 0 Å². The normalized spacial score (nSPS) is 17.0. The summed E-state index contributed by atoms with van der Waals surface area (Å²) >= 11 is 5.53. The molecule has 0 spiro atoms. The van der Waals surface area contributed by atoms with E-state index in [9.17, 15) is 18.3 Å². The van der Waals surface area contributed by atoms with Gasteiger partial charge in [-0.05, 0) is 31.2 Å². The summed E-state index contributed by atoms with van der Waals surface area (Å²) in [5.41, 5.74) is 0.695. The van der Waals surface area contributed by atoms with Crippen molar-refractivity contribution in [3.05, 3.63) is 24.3 Å². The van der Waals surface area contributed by atoms with Gasteiger partial charge in [-0.15, -0.1) is 11.6 Å². The number of carbonyl (C=O) groups excluding carboxylic acids is 1. The second-order valence-electron chi connectivity index (χ2n) is 5.80. The number of ether oxygens (including phenoxy) is 1. The van der Waals surface area contributed by atoms with E-state index in [1.165, 1.54) is 21.3 Å². The van der Waals surface area contributed by atoms with Crippen LogP contribution in [0.25, 0.3) is 0 Å². The number of halogens is 1. The fourth-order valence-electron chi connectivity index (χ4n) is 2.51. The molecule has 1 aliphatic heterocycles. The topological polar surface area (TPSA) is 99.2 Å². The molecule has 1 amide bonds. The fourth-order valence-corrected chi connectivity index (χ4v) is 4.04. The van der Waals surface area contributed by atoms with Crippen LogP contribution in [-0.4, -0.2) is 80.1 Å². The summed E-state index contributed by atoms with van der Waals surface area (Å²) in [4.78, 5) is 13.4. The first kappa shape index (κ1) is 20.8. The maximum Gasteiger partial charge on any atom is 0.409 e. The molecule has 1 heterocycles. The third kappa shape index (κ3) is 5.23. The number of nitrogens with zero attached hydrogens (tertiary/aromatic N) is 2. The number of sulfonamides is 1. The van der Waals surface area contributed by atoms with E-state index >= 15 is 0 Å². The van der Waals surface area contributed by atoms with Gasteiger partial charge in [0.25, 0.3) is 0 Å². The SMILES string of the molecule is CCOC(=O)N1CCN(S(=O)(=O)c2ccc(NCC(O)CCl)cc2)CC1. The highest BCUT2D eigenvalue weighted by Crippen LogP contribution is 2.20. The Bertz CT molecular complexity index is 690. The van der Waals surface area contributed by atoms with Crippen molar-refractivity contribution in [3.8, 4) is 0 Å². The van der Waals surface area contributed by atoms with Crippen LogP contribution < -0.4 is 5.32 Å². The van der Waals surface area contributed by atoms with Crippen LogP contribution in [0.15, 0.2) is 29.2 Å². The molecule has 8 nitrogen and oxygen atoms in total. The number of amides is 1. The molecule has 26 heavy (non-hydrogen) atoms. The number of hydrogen-bond donors (Lipinski definition) is 2. The molecule has 0 bridgehead atoms. The smallest absolute Gasteiger partial charge is 0.409 e. The van der Waals surface area contributed by atoms with Crippen LogP contribution in [0.5, 0.6) is 0 Å². The largest absolute Gasteiger partial charge is 0.450 e. The summed E-state index contributed by atoms with van der Waals surface area (Å²) in [5.74, 6) is 0.122. The molecule has 1 aromatic rings. The second-order valence-corrected chi connectivity index (χ2v) is 8.05. The number of rotatable bonds is 7. The Morgan fingerprint density at radius 3 is 2.42 bits per heavy atom. The number of anilines is 1. The molecule has 10 heteroatoms. The molecule has 0 radical (unpaired) electrons. The summed E-state index contributed by atoms with van der Waals surface area (Å²) in [5, 5.41) is 12.4. The average Bonchev–Trinajstić information content (AvgIpc) is 2.66. The minimum Gasteiger partial charge on any atom is -0.450 e. The molecular weight excluding hydrogens is 382 g/mol. The first-order valence-corrected chi connectivity index (χ1v) is 10.4. The van der Waals surface area contributed by atoms with Crippen LogP contribution in [0.4, 0.5) is 10.5 Å². The highest BCUT2D eigenvalue weighted by Gasteiger charge is 2.30. The number of benzene rings is 1. The summed E-state index contributed by atoms with van der Waals surface area (Å²) in [6.07, 6.45) is -1.09. The van der Waals surface area contributed by atoms with Gasteiger partial charge in [0.15, 0.2) is 0 Å². The standard InChI is InChI=1S/C16H24ClN3O5S/c1-2-25-16(22)19-7-9-20(10-8-19)26(23,24)15-5-3-13(4-6-15)18-12-14(21)11-17/h3-6,14,18,21H,2,7-12H2,1H3. The third-order valence-corrected chi connectivity index (χ3v) is 6.25. The number of alkyl halides is 1. The van der Waals surface area contributed by atoms with Crippen LogP contribution >= 0.6 is 11.6 Å². The van der Waals surface area contributed by atoms with Gasteiger partial charge in [-0.3, -0.25) is 0 Å². The molecular formula is C16H24ClN3O5S. The quantitative estimate of drug-likeness (QED) is 0.660. The summed E-state index contributed by atoms with van der Waals surface area (Å²) in [7, 11) is -3.62. The zero-order chi connectivity index (χ0) is 19.2. The molecule has 0 aromatic heterocycles. The van der Waals surface area contributed by atoms with Crippen molar-refractivity contribution >= 4 is 33.4 Å². The highest BCUT2D eigenvalue weighted by molar-refractivity contribution is 7.89. The van der Waals surface area contributed by atoms with Gasteiger partial charge < -0.3 is 20.1 Å². The summed E-state index contributed by atoms with van der Waals surface area (Å²) in [6.45, 7) is 3.35. The maximum atomic E-state index is 12.7. The van der Waals surface area contributed by atoms with E-state index in [-0.39, 0.29) is 30.4 Å². The van der Waals surface area contributed by atoms with Crippen molar-refractivity contribution in [2.45, 2.75) is 17.9 Å². The lowest BCUT2D eigenvalue weighted by Gasteiger charge is -2.33. The number of carbonyl (C=O) groups is 1. The zero-order valence-corrected chi connectivity index (χ0v) is 16.2. The molecule has 1 aliphatic rings. The predicted molar refractivity (Wildman–Crippen MR) is 99.0 cm³/mol. The van der Waals surface area contributed by atoms with Crippen LogP contribution in [0.3, 0.4) is 0 Å². The van der Waals surface area contributed by atoms with Crippen LogP contribution in [0.2, 0.25) is 0 Å². The monoisotopic (exact) mass is 405 g/mol. The summed E-state index contributed by atoms with van der Waals surface area (Å²) < 4.78 is 31.8. The molecule has 146 valence electrons. The molecule has 2 rings (SSSR count). The Balaban J connectivity index is 1.96. The lowest BCUT2D eigenvalue weighted by atomic mass is 10.3. The van der Waals surface area contributed by atoms with Crippen LogP contribution in [0, 0.1) is 0 Å². The van der Waals surface area contributed by atoms with Gasteiger partial charge in [0, 0.05) is 38.4 Å². The fraction of sp³-hybridized carbons (Fsp3) is 0.562. The predicted octanol–water partition coefficient (Wildman–Crippen LogP) is 1.16. The lowest BCUT2D eigenvalue weighted by molar-refractivity contribution is 0.0934. The van der Waals surface area contributed by atoms with Crippen molar-refractivity contribution in [2.24, 2.45) is 0 Å². The first-order chi connectivity index (χ1) is 12.4. The molecule has 2 N–H and O–H groups in total. The van der Waals surface area contributed by atoms with Gasteiger partial charge in [-0.25, -0.2) is 13.2 Å². The van der Waals surface area contributed by atoms with E-state index in [0.717, 1.165) is 0 Å². The van der Waals surface area contributed by atoms with Crippen molar-refractivity contribution in [3.63, 3.8) is 0 Å². The van der Waals surface area contributed by atoms with E-state index in [1.54, 1.807) is 19.1 Å². The van der Waals surface area contributed by atoms with E-state index in [4.69, 9.17) is 16.3 Å². The van der Waals surface area contributed by atoms with Crippen molar-refractivity contribution in [1.29, 1.82) is 0 Å². The van der Waals surface area contributed by atoms with Gasteiger partial charge in [-0.2, -0.15) is 4.31 Å². The summed E-state index contributed by atoms with van der Waals surface area (Å²) in [6, 6.07) is 6.32. The van der Waals surface area contributed by atoms with Gasteiger partial charge in [0.2, 0.25) is 10.0 Å². The van der Waals surface area contributed by atoms with Crippen LogP contribution in [-0.2, 0) is 14.8 Å². The molecule has 0 aliphatic carbocycles. The highest BCUT2D eigenvalue weighted by atomic mass is 35.5. The Morgan fingerprint density at radius 2 is 1.88 bits per heavy atom. The van der Waals surface area contributed by atoms with Crippen molar-refractivity contribution in [2.75, 3.05) is 50.5 Å². The van der Waals surface area contributed by atoms with Gasteiger partial charge >= 0.3 is 6.09 Å². The third-order valence-electron chi connectivity index (χ3n) is 3.98. The van der Waals surface area contributed by atoms with E-state index < -0.39 is 22.2 Å². The molecule has 0 saturated carbocycles. The van der Waals surface area contributed by atoms with Gasteiger partial charge in [0.1, 0.15) is 0 Å². The molecule has 1 atom stereocenters.